The van der Waals surface area contributed by atoms with Crippen LogP contribution in [0.1, 0.15) is 43.7 Å². The van der Waals surface area contributed by atoms with Crippen molar-refractivity contribution in [1.29, 1.82) is 0 Å². The molecule has 1 unspecified atom stereocenters. The first-order chi connectivity index (χ1) is 11.6. The lowest BCUT2D eigenvalue weighted by Crippen LogP contribution is -2.50. The van der Waals surface area contributed by atoms with Crippen molar-refractivity contribution in [2.75, 3.05) is 0 Å². The quantitative estimate of drug-likeness (QED) is 0.745. The van der Waals surface area contributed by atoms with Gasteiger partial charge in [0, 0.05) is 22.1 Å². The van der Waals surface area contributed by atoms with E-state index in [1.807, 2.05) is 18.2 Å². The van der Waals surface area contributed by atoms with Gasteiger partial charge in [-0.3, -0.25) is 10.1 Å². The fourth-order valence-corrected chi connectivity index (χ4v) is 2.40. The Kier molecular flexibility index (Phi) is 5.15. The van der Waals surface area contributed by atoms with Crippen molar-refractivity contribution in [3.63, 3.8) is 0 Å². The van der Waals surface area contributed by atoms with Crippen molar-refractivity contribution in [2.24, 2.45) is 0 Å². The zero-order chi connectivity index (χ0) is 18.8. The van der Waals surface area contributed by atoms with Gasteiger partial charge in [0.25, 0.3) is 5.91 Å². The Morgan fingerprint density at radius 2 is 1.80 bits per heavy atom. The monoisotopic (exact) mass is 345 g/mol. The number of aryl methyl sites for hydroxylation is 1. The minimum Gasteiger partial charge on any atom is -0.449 e. The molecular formula is C18H23N3O4. The topological polar surface area (TPSA) is 100 Å². The second kappa shape index (κ2) is 6.96. The van der Waals surface area contributed by atoms with Crippen LogP contribution >= 0.6 is 0 Å². The predicted octanol–water partition coefficient (Wildman–Crippen LogP) is 2.65. The summed E-state index contributed by atoms with van der Waals surface area (Å²) in [5.74, 6) is -1.30. The van der Waals surface area contributed by atoms with Crippen molar-refractivity contribution in [3.05, 3.63) is 35.5 Å². The molecule has 0 aliphatic heterocycles. The number of aromatic nitrogens is 1. The molecule has 0 saturated heterocycles. The first-order valence-electron chi connectivity index (χ1n) is 8.00. The van der Waals surface area contributed by atoms with Gasteiger partial charge in [0.1, 0.15) is 0 Å². The molecule has 0 aliphatic carbocycles. The molecule has 0 aliphatic rings. The number of nitrogens with one attached hydrogen (secondary N) is 3. The number of carbonyl (C=O) groups excluding carboxylic acids is 3. The lowest BCUT2D eigenvalue weighted by molar-refractivity contribution is -0.127. The summed E-state index contributed by atoms with van der Waals surface area (Å²) in [5.41, 5.74) is 1.37. The summed E-state index contributed by atoms with van der Waals surface area (Å²) in [5, 5.41) is 5.49. The number of urea groups is 1. The van der Waals surface area contributed by atoms with Crippen LogP contribution in [0.5, 0.6) is 0 Å². The molecule has 3 N–H and O–H groups in total. The Hall–Kier alpha value is -2.83. The van der Waals surface area contributed by atoms with E-state index in [0.717, 1.165) is 10.9 Å². The molecule has 1 aromatic carbocycles. The number of hydrogen-bond donors (Lipinski definition) is 3. The number of esters is 1. The molecule has 1 heterocycles. The third-order valence-electron chi connectivity index (χ3n) is 3.48. The van der Waals surface area contributed by atoms with Gasteiger partial charge in [-0.15, -0.1) is 0 Å². The molecule has 1 atom stereocenters. The van der Waals surface area contributed by atoms with Crippen LogP contribution in [-0.2, 0) is 9.53 Å². The average molecular weight is 345 g/mol. The number of imide groups is 1. The molecule has 0 fully saturated rings. The lowest BCUT2D eigenvalue weighted by Gasteiger charge is -2.21. The Labute approximate surface area is 146 Å². The van der Waals surface area contributed by atoms with Gasteiger partial charge >= 0.3 is 12.0 Å². The second-order valence-electron chi connectivity index (χ2n) is 6.91. The summed E-state index contributed by atoms with van der Waals surface area (Å²) in [6.07, 6.45) is -1.11. The van der Waals surface area contributed by atoms with E-state index in [9.17, 15) is 14.4 Å². The SMILES string of the molecule is Cc1[nH]c2ccccc2c1C(=O)OC(C)C(=O)NC(=O)NC(C)(C)C. The highest BCUT2D eigenvalue weighted by atomic mass is 16.5. The summed E-state index contributed by atoms with van der Waals surface area (Å²) in [6.45, 7) is 8.56. The van der Waals surface area contributed by atoms with Gasteiger partial charge in [-0.25, -0.2) is 9.59 Å². The second-order valence-corrected chi connectivity index (χ2v) is 6.91. The number of benzene rings is 1. The highest BCUT2D eigenvalue weighted by Crippen LogP contribution is 2.23. The molecule has 0 saturated carbocycles. The predicted molar refractivity (Wildman–Crippen MR) is 94.3 cm³/mol. The van der Waals surface area contributed by atoms with Crippen molar-refractivity contribution in [1.82, 2.24) is 15.6 Å². The van der Waals surface area contributed by atoms with Crippen molar-refractivity contribution in [3.8, 4) is 0 Å². The smallest absolute Gasteiger partial charge is 0.341 e. The molecule has 3 amide bonds. The molecule has 1 aromatic heterocycles. The van der Waals surface area contributed by atoms with Gasteiger partial charge in [0.05, 0.1) is 5.56 Å². The van der Waals surface area contributed by atoms with Crippen LogP contribution in [0.4, 0.5) is 4.79 Å². The number of hydrogen-bond acceptors (Lipinski definition) is 4. The van der Waals surface area contributed by atoms with E-state index < -0.39 is 29.6 Å². The Bertz CT molecular complexity index is 817. The standard InChI is InChI=1S/C18H23N3O4/c1-10-14(12-8-6-7-9-13(12)19-10)16(23)25-11(2)15(22)20-17(24)21-18(3,4)5/h6-9,11,19H,1-5H3,(H2,20,21,22,24). The Balaban J connectivity index is 2.05. The molecule has 7 heteroatoms. The molecule has 0 radical (unpaired) electrons. The highest BCUT2D eigenvalue weighted by Gasteiger charge is 2.25. The van der Waals surface area contributed by atoms with Gasteiger partial charge in [-0.2, -0.15) is 0 Å². The zero-order valence-electron chi connectivity index (χ0n) is 15.0. The minimum absolute atomic E-state index is 0.384. The van der Waals surface area contributed by atoms with Crippen molar-refractivity contribution < 1.29 is 19.1 Å². The molecule has 2 aromatic rings. The van der Waals surface area contributed by atoms with E-state index in [4.69, 9.17) is 4.74 Å². The molecule has 7 nitrogen and oxygen atoms in total. The molecular weight excluding hydrogens is 322 g/mol. The summed E-state index contributed by atoms with van der Waals surface area (Å²) >= 11 is 0. The molecule has 2 rings (SSSR count). The van der Waals surface area contributed by atoms with E-state index in [-0.39, 0.29) is 0 Å². The van der Waals surface area contributed by atoms with Gasteiger partial charge in [0.15, 0.2) is 6.10 Å². The van der Waals surface area contributed by atoms with Crippen molar-refractivity contribution in [2.45, 2.75) is 46.3 Å². The highest BCUT2D eigenvalue weighted by molar-refractivity contribution is 6.06. The minimum atomic E-state index is -1.11. The summed E-state index contributed by atoms with van der Waals surface area (Å²) in [6, 6.07) is 6.70. The fraction of sp³-hybridized carbons (Fsp3) is 0.389. The number of amides is 3. The van der Waals surface area contributed by atoms with Crippen LogP contribution in [0.3, 0.4) is 0 Å². The van der Waals surface area contributed by atoms with Gasteiger partial charge in [0.2, 0.25) is 0 Å². The van der Waals surface area contributed by atoms with E-state index in [2.05, 4.69) is 15.6 Å². The van der Waals surface area contributed by atoms with Crippen LogP contribution in [0.2, 0.25) is 0 Å². The summed E-state index contributed by atoms with van der Waals surface area (Å²) < 4.78 is 5.23. The fourth-order valence-electron chi connectivity index (χ4n) is 2.40. The zero-order valence-corrected chi connectivity index (χ0v) is 15.0. The van der Waals surface area contributed by atoms with E-state index in [0.29, 0.717) is 11.3 Å². The maximum Gasteiger partial charge on any atom is 0.341 e. The number of ether oxygens (including phenoxy) is 1. The number of para-hydroxylation sites is 1. The maximum atomic E-state index is 12.4. The summed E-state index contributed by atoms with van der Waals surface area (Å²) in [4.78, 5) is 39.3. The van der Waals surface area contributed by atoms with Gasteiger partial charge in [-0.05, 0) is 40.7 Å². The van der Waals surface area contributed by atoms with Crippen LogP contribution in [0.25, 0.3) is 10.9 Å². The number of fused-ring (bicyclic) bond motifs is 1. The van der Waals surface area contributed by atoms with Crippen molar-refractivity contribution >= 4 is 28.8 Å². The average Bonchev–Trinajstić information content (AvgIpc) is 2.80. The number of H-pyrrole nitrogens is 1. The van der Waals surface area contributed by atoms with Gasteiger partial charge < -0.3 is 15.0 Å². The van der Waals surface area contributed by atoms with E-state index >= 15 is 0 Å². The number of aromatic amines is 1. The number of rotatable bonds is 3. The van der Waals surface area contributed by atoms with Gasteiger partial charge in [-0.1, -0.05) is 18.2 Å². The lowest BCUT2D eigenvalue weighted by atomic mass is 10.1. The molecule has 134 valence electrons. The Morgan fingerprint density at radius 3 is 2.44 bits per heavy atom. The molecule has 0 bridgehead atoms. The Morgan fingerprint density at radius 1 is 1.16 bits per heavy atom. The maximum absolute atomic E-state index is 12.4. The third kappa shape index (κ3) is 4.59. The first kappa shape index (κ1) is 18.5. The number of carbonyl (C=O) groups is 3. The van der Waals surface area contributed by atoms with Crippen LogP contribution < -0.4 is 10.6 Å². The molecule has 25 heavy (non-hydrogen) atoms. The first-order valence-corrected chi connectivity index (χ1v) is 8.00. The van der Waals surface area contributed by atoms with Crippen LogP contribution in [0, 0.1) is 6.92 Å². The molecule has 0 spiro atoms. The summed E-state index contributed by atoms with van der Waals surface area (Å²) in [7, 11) is 0. The van der Waals surface area contributed by atoms with E-state index in [1.165, 1.54) is 6.92 Å². The van der Waals surface area contributed by atoms with Crippen LogP contribution in [0.15, 0.2) is 24.3 Å². The third-order valence-corrected chi connectivity index (χ3v) is 3.48. The normalized spacial score (nSPS) is 12.5. The largest absolute Gasteiger partial charge is 0.449 e. The van der Waals surface area contributed by atoms with Crippen LogP contribution in [-0.4, -0.2) is 34.5 Å². The van der Waals surface area contributed by atoms with E-state index in [1.54, 1.807) is 33.8 Å².